The lowest BCUT2D eigenvalue weighted by Crippen LogP contribution is -2.33. The number of nitrogens with zero attached hydrogens (tertiary/aromatic N) is 1. The fraction of sp³-hybridized carbons (Fsp3) is 0.417. The Kier molecular flexibility index (Phi) is 3.38. The van der Waals surface area contributed by atoms with Crippen molar-refractivity contribution in [2.24, 2.45) is 5.73 Å². The van der Waals surface area contributed by atoms with Crippen LogP contribution in [0.2, 0.25) is 0 Å². The first-order chi connectivity index (χ1) is 8.08. The van der Waals surface area contributed by atoms with Crippen LogP contribution in [0.1, 0.15) is 12.0 Å². The molecule has 1 aromatic rings. The van der Waals surface area contributed by atoms with Crippen molar-refractivity contribution in [1.82, 2.24) is 4.90 Å². The monoisotopic (exact) mass is 240 g/mol. The topological polar surface area (TPSA) is 46.3 Å². The van der Waals surface area contributed by atoms with Crippen molar-refractivity contribution in [2.75, 3.05) is 13.1 Å². The van der Waals surface area contributed by atoms with Gasteiger partial charge in [0.1, 0.15) is 0 Å². The molecule has 0 spiro atoms. The van der Waals surface area contributed by atoms with E-state index >= 15 is 0 Å². The zero-order valence-electron chi connectivity index (χ0n) is 9.33. The first-order valence-electron chi connectivity index (χ1n) is 5.54. The maximum atomic E-state index is 13.4. The molecular formula is C12H14F2N2O. The molecule has 1 aliphatic rings. The van der Waals surface area contributed by atoms with Crippen molar-refractivity contribution >= 4 is 5.91 Å². The molecule has 3 nitrogen and oxygen atoms in total. The van der Waals surface area contributed by atoms with Gasteiger partial charge in [-0.2, -0.15) is 0 Å². The van der Waals surface area contributed by atoms with Gasteiger partial charge in [-0.15, -0.1) is 0 Å². The maximum absolute atomic E-state index is 13.4. The summed E-state index contributed by atoms with van der Waals surface area (Å²) in [6, 6.07) is 3.86. The van der Waals surface area contributed by atoms with Crippen molar-refractivity contribution in [3.05, 3.63) is 35.4 Å². The smallest absolute Gasteiger partial charge is 0.227 e. The molecular weight excluding hydrogens is 226 g/mol. The van der Waals surface area contributed by atoms with Crippen LogP contribution >= 0.6 is 0 Å². The molecule has 0 unspecified atom stereocenters. The van der Waals surface area contributed by atoms with Gasteiger partial charge in [0.25, 0.3) is 0 Å². The van der Waals surface area contributed by atoms with Crippen LogP contribution in [0.4, 0.5) is 8.78 Å². The molecule has 2 N–H and O–H groups in total. The number of nitrogens with two attached hydrogens (primary N) is 1. The third-order valence-electron chi connectivity index (χ3n) is 2.95. The van der Waals surface area contributed by atoms with Crippen LogP contribution in [0.5, 0.6) is 0 Å². The standard InChI is InChI=1S/C12H14F2N2O/c13-10-3-1-2-8(12(10)14)6-11(17)16-5-4-9(15)7-16/h1-3,9H,4-7,15H2/t9-/m1/s1. The van der Waals surface area contributed by atoms with E-state index in [4.69, 9.17) is 5.73 Å². The molecule has 1 amide bonds. The minimum Gasteiger partial charge on any atom is -0.341 e. The van der Waals surface area contributed by atoms with Crippen LogP contribution in [0, 0.1) is 11.6 Å². The molecule has 17 heavy (non-hydrogen) atoms. The quantitative estimate of drug-likeness (QED) is 0.840. The average Bonchev–Trinajstić information content (AvgIpc) is 2.72. The summed E-state index contributed by atoms with van der Waals surface area (Å²) in [6.07, 6.45) is 0.647. The molecule has 0 aliphatic carbocycles. The second-order valence-electron chi connectivity index (χ2n) is 4.28. The Labute approximate surface area is 98.2 Å². The van der Waals surface area contributed by atoms with Gasteiger partial charge in [0, 0.05) is 24.7 Å². The van der Waals surface area contributed by atoms with Crippen molar-refractivity contribution in [3.8, 4) is 0 Å². The molecule has 1 fully saturated rings. The minimum atomic E-state index is -0.940. The number of hydrogen-bond acceptors (Lipinski definition) is 2. The third-order valence-corrected chi connectivity index (χ3v) is 2.95. The summed E-state index contributed by atoms with van der Waals surface area (Å²) < 4.78 is 26.3. The number of benzene rings is 1. The van der Waals surface area contributed by atoms with Gasteiger partial charge in [-0.3, -0.25) is 4.79 Å². The Morgan fingerprint density at radius 1 is 1.47 bits per heavy atom. The molecule has 5 heteroatoms. The zero-order chi connectivity index (χ0) is 12.4. The van der Waals surface area contributed by atoms with E-state index in [1.807, 2.05) is 0 Å². The summed E-state index contributed by atoms with van der Waals surface area (Å²) in [5, 5.41) is 0. The number of halogens is 2. The average molecular weight is 240 g/mol. The van der Waals surface area contributed by atoms with Crippen molar-refractivity contribution in [1.29, 1.82) is 0 Å². The van der Waals surface area contributed by atoms with Gasteiger partial charge in [0.05, 0.1) is 6.42 Å². The van der Waals surface area contributed by atoms with E-state index in [2.05, 4.69) is 0 Å². The highest BCUT2D eigenvalue weighted by Crippen LogP contribution is 2.15. The van der Waals surface area contributed by atoms with Gasteiger partial charge in [0.2, 0.25) is 5.91 Å². The molecule has 0 radical (unpaired) electrons. The van der Waals surface area contributed by atoms with Crippen LogP contribution in [0.25, 0.3) is 0 Å². The van der Waals surface area contributed by atoms with Crippen LogP contribution in [-0.2, 0) is 11.2 Å². The summed E-state index contributed by atoms with van der Waals surface area (Å²) in [5.41, 5.74) is 5.78. The van der Waals surface area contributed by atoms with E-state index in [1.54, 1.807) is 4.90 Å². The summed E-state index contributed by atoms with van der Waals surface area (Å²) in [5.74, 6) is -2.07. The van der Waals surface area contributed by atoms with Crippen molar-refractivity contribution < 1.29 is 13.6 Å². The number of likely N-dealkylation sites (tertiary alicyclic amines) is 1. The maximum Gasteiger partial charge on any atom is 0.227 e. The fourth-order valence-electron chi connectivity index (χ4n) is 1.97. The Morgan fingerprint density at radius 3 is 2.88 bits per heavy atom. The van der Waals surface area contributed by atoms with E-state index in [9.17, 15) is 13.6 Å². The zero-order valence-corrected chi connectivity index (χ0v) is 9.33. The molecule has 0 bridgehead atoms. The normalized spacial score (nSPS) is 19.7. The first kappa shape index (κ1) is 12.0. The molecule has 2 rings (SSSR count). The molecule has 1 aromatic carbocycles. The Bertz CT molecular complexity index is 437. The highest BCUT2D eigenvalue weighted by atomic mass is 19.2. The molecule has 1 aliphatic heterocycles. The van der Waals surface area contributed by atoms with Gasteiger partial charge in [-0.1, -0.05) is 12.1 Å². The van der Waals surface area contributed by atoms with E-state index < -0.39 is 11.6 Å². The predicted molar refractivity (Wildman–Crippen MR) is 59.2 cm³/mol. The summed E-state index contributed by atoms with van der Waals surface area (Å²) in [6.45, 7) is 1.09. The van der Waals surface area contributed by atoms with E-state index in [1.165, 1.54) is 12.1 Å². The van der Waals surface area contributed by atoms with Gasteiger partial charge < -0.3 is 10.6 Å². The second-order valence-corrected chi connectivity index (χ2v) is 4.28. The molecule has 92 valence electrons. The van der Waals surface area contributed by atoms with Crippen LogP contribution in [0.3, 0.4) is 0 Å². The number of carbonyl (C=O) groups excluding carboxylic acids is 1. The Balaban J connectivity index is 2.06. The Morgan fingerprint density at radius 2 is 2.24 bits per heavy atom. The predicted octanol–water partition coefficient (Wildman–Crippen LogP) is 1.07. The third kappa shape index (κ3) is 2.61. The van der Waals surface area contributed by atoms with Crippen LogP contribution in [0.15, 0.2) is 18.2 Å². The Hall–Kier alpha value is -1.49. The molecule has 1 atom stereocenters. The van der Waals surface area contributed by atoms with E-state index in [0.29, 0.717) is 13.1 Å². The second kappa shape index (κ2) is 4.79. The van der Waals surface area contributed by atoms with Gasteiger partial charge in [-0.05, 0) is 12.5 Å². The van der Waals surface area contributed by atoms with Gasteiger partial charge in [0.15, 0.2) is 11.6 Å². The lowest BCUT2D eigenvalue weighted by Gasteiger charge is -2.15. The fourth-order valence-corrected chi connectivity index (χ4v) is 1.97. The van der Waals surface area contributed by atoms with Crippen molar-refractivity contribution in [3.63, 3.8) is 0 Å². The highest BCUT2D eigenvalue weighted by molar-refractivity contribution is 5.79. The number of carbonyl (C=O) groups is 1. The summed E-state index contributed by atoms with van der Waals surface area (Å²) >= 11 is 0. The van der Waals surface area contributed by atoms with Crippen LogP contribution in [-0.4, -0.2) is 29.9 Å². The minimum absolute atomic E-state index is 0.00342. The van der Waals surface area contributed by atoms with Gasteiger partial charge in [-0.25, -0.2) is 8.78 Å². The molecule has 1 saturated heterocycles. The van der Waals surface area contributed by atoms with E-state index in [-0.39, 0.29) is 23.9 Å². The summed E-state index contributed by atoms with van der Waals surface area (Å²) in [4.78, 5) is 13.4. The molecule has 0 saturated carbocycles. The van der Waals surface area contributed by atoms with Crippen LogP contribution < -0.4 is 5.73 Å². The lowest BCUT2D eigenvalue weighted by atomic mass is 10.1. The SMILES string of the molecule is N[C@@H]1CCN(C(=O)Cc2cccc(F)c2F)C1. The number of amides is 1. The summed E-state index contributed by atoms with van der Waals surface area (Å²) in [7, 11) is 0. The molecule has 1 heterocycles. The first-order valence-corrected chi connectivity index (χ1v) is 5.54. The van der Waals surface area contributed by atoms with E-state index in [0.717, 1.165) is 12.5 Å². The number of hydrogen-bond donors (Lipinski definition) is 1. The van der Waals surface area contributed by atoms with Crippen molar-refractivity contribution in [2.45, 2.75) is 18.9 Å². The largest absolute Gasteiger partial charge is 0.341 e. The molecule has 0 aromatic heterocycles. The highest BCUT2D eigenvalue weighted by Gasteiger charge is 2.24. The van der Waals surface area contributed by atoms with Gasteiger partial charge >= 0.3 is 0 Å². The lowest BCUT2D eigenvalue weighted by molar-refractivity contribution is -0.129. The number of rotatable bonds is 2.